The number of nitrogens with zero attached hydrogens (tertiary/aromatic N) is 1. The number of carbonyl (C=O) groups excluding carboxylic acids is 2. The van der Waals surface area contributed by atoms with Gasteiger partial charge in [0, 0.05) is 16.7 Å². The van der Waals surface area contributed by atoms with Gasteiger partial charge in [-0.05, 0) is 30.3 Å². The van der Waals surface area contributed by atoms with Gasteiger partial charge in [-0.15, -0.1) is 5.06 Å². The summed E-state index contributed by atoms with van der Waals surface area (Å²) in [5.74, 6) is 0.152. The Hall–Kier alpha value is -3.68. The molecule has 0 atom stereocenters. The minimum atomic E-state index is -1.22. The molecule has 7 nitrogen and oxygen atoms in total. The van der Waals surface area contributed by atoms with Crippen LogP contribution in [-0.2, 0) is 15.2 Å². The number of para-hydroxylation sites is 2. The van der Waals surface area contributed by atoms with E-state index in [4.69, 9.17) is 14.3 Å². The predicted molar refractivity (Wildman–Crippen MR) is 108 cm³/mol. The van der Waals surface area contributed by atoms with Crippen molar-refractivity contribution >= 4 is 11.9 Å². The highest BCUT2D eigenvalue weighted by molar-refractivity contribution is 5.99. The molecule has 0 aromatic heterocycles. The Balaban J connectivity index is 1.52. The third kappa shape index (κ3) is 2.54. The number of ether oxygens (including phenoxy) is 2. The van der Waals surface area contributed by atoms with Gasteiger partial charge >= 0.3 is 11.9 Å². The molecule has 0 aliphatic carbocycles. The lowest BCUT2D eigenvalue weighted by atomic mass is 9.77. The van der Waals surface area contributed by atoms with Crippen molar-refractivity contribution in [3.05, 3.63) is 94.5 Å². The van der Waals surface area contributed by atoms with Crippen LogP contribution in [0.15, 0.2) is 66.7 Å². The van der Waals surface area contributed by atoms with E-state index in [0.29, 0.717) is 39.3 Å². The first-order valence-electron chi connectivity index (χ1n) is 9.96. The summed E-state index contributed by atoms with van der Waals surface area (Å²) in [6.07, 6.45) is -0.489. The molecule has 3 aromatic carbocycles. The summed E-state index contributed by atoms with van der Waals surface area (Å²) in [6, 6.07) is 19.6. The lowest BCUT2D eigenvalue weighted by molar-refractivity contribution is -0.193. The van der Waals surface area contributed by atoms with Crippen LogP contribution in [0.25, 0.3) is 0 Å². The Bertz CT molecular complexity index is 1200. The van der Waals surface area contributed by atoms with E-state index in [1.807, 2.05) is 48.5 Å². The smallest absolute Gasteiger partial charge is 0.357 e. The number of aliphatic hydroxyl groups is 1. The van der Waals surface area contributed by atoms with Crippen LogP contribution in [0.3, 0.4) is 0 Å². The van der Waals surface area contributed by atoms with Crippen molar-refractivity contribution in [2.24, 2.45) is 0 Å². The first kappa shape index (κ1) is 18.1. The topological polar surface area (TPSA) is 85.3 Å². The number of β-amino-alcohol motifs (C(OH)–C–C–N with tert-alkyl or cyclic N) is 1. The fourth-order valence-corrected chi connectivity index (χ4v) is 4.41. The monoisotopic (exact) mass is 415 g/mol. The number of carbonyl (C=O) groups is 2. The van der Waals surface area contributed by atoms with E-state index in [-0.39, 0.29) is 13.1 Å². The molecule has 1 fully saturated rings. The van der Waals surface area contributed by atoms with E-state index in [9.17, 15) is 14.7 Å². The molecule has 31 heavy (non-hydrogen) atoms. The van der Waals surface area contributed by atoms with E-state index >= 15 is 0 Å². The van der Waals surface area contributed by atoms with Crippen molar-refractivity contribution in [2.75, 3.05) is 13.1 Å². The summed E-state index contributed by atoms with van der Waals surface area (Å²) in [7, 11) is 0. The van der Waals surface area contributed by atoms with Gasteiger partial charge in [0.15, 0.2) is 5.60 Å². The van der Waals surface area contributed by atoms with Crippen LogP contribution in [0.5, 0.6) is 11.5 Å². The van der Waals surface area contributed by atoms with Gasteiger partial charge in [-0.2, -0.15) is 0 Å². The Morgan fingerprint density at radius 3 is 2.26 bits per heavy atom. The van der Waals surface area contributed by atoms with Gasteiger partial charge in [0.25, 0.3) is 0 Å². The van der Waals surface area contributed by atoms with Crippen LogP contribution < -0.4 is 4.74 Å². The molecular formula is C24H17NO6. The van der Waals surface area contributed by atoms with Crippen LogP contribution >= 0.6 is 0 Å². The summed E-state index contributed by atoms with van der Waals surface area (Å²) < 4.78 is 12.1. The van der Waals surface area contributed by atoms with Crippen molar-refractivity contribution < 1.29 is 29.0 Å². The molecule has 3 aliphatic heterocycles. The van der Waals surface area contributed by atoms with Crippen molar-refractivity contribution in [3.63, 3.8) is 0 Å². The highest BCUT2D eigenvalue weighted by Crippen LogP contribution is 2.55. The molecule has 6 rings (SSSR count). The van der Waals surface area contributed by atoms with E-state index in [2.05, 4.69) is 0 Å². The van der Waals surface area contributed by atoms with E-state index < -0.39 is 23.6 Å². The SMILES string of the molecule is O=C(ON1CC(O)C1)c1ccc2c(c1)C1(OC2=O)c2ccccc2Oc2ccccc21. The van der Waals surface area contributed by atoms with Crippen LogP contribution in [0.4, 0.5) is 0 Å². The van der Waals surface area contributed by atoms with Gasteiger partial charge < -0.3 is 19.4 Å². The Labute approximate surface area is 177 Å². The second-order valence-electron chi connectivity index (χ2n) is 7.80. The van der Waals surface area contributed by atoms with Crippen LogP contribution in [-0.4, -0.2) is 41.3 Å². The molecule has 0 saturated carbocycles. The maximum Gasteiger partial charge on any atom is 0.357 e. The van der Waals surface area contributed by atoms with Gasteiger partial charge in [0.05, 0.1) is 30.3 Å². The summed E-state index contributed by atoms with van der Waals surface area (Å²) >= 11 is 0. The predicted octanol–water partition coefficient (Wildman–Crippen LogP) is 3.00. The quantitative estimate of drug-likeness (QED) is 0.644. The first-order valence-corrected chi connectivity index (χ1v) is 9.96. The van der Waals surface area contributed by atoms with Crippen LogP contribution in [0.1, 0.15) is 37.4 Å². The second kappa shape index (κ2) is 6.41. The number of fused-ring (bicyclic) bond motifs is 6. The lowest BCUT2D eigenvalue weighted by Gasteiger charge is -2.36. The normalized spacial score (nSPS) is 18.3. The minimum absolute atomic E-state index is 0.278. The summed E-state index contributed by atoms with van der Waals surface area (Å²) in [4.78, 5) is 30.9. The highest BCUT2D eigenvalue weighted by atomic mass is 16.7. The van der Waals surface area contributed by atoms with Crippen molar-refractivity contribution in [1.29, 1.82) is 0 Å². The standard InChI is InChI=1S/C24H17NO6/c26-15-12-25(13-15)31-22(27)14-9-10-16-19(11-14)24(30-23(16)28)17-5-1-3-7-20(17)29-21-8-4-2-6-18(21)24/h1-11,15,26H,12-13H2. The van der Waals surface area contributed by atoms with Gasteiger partial charge in [-0.25, -0.2) is 9.59 Å². The van der Waals surface area contributed by atoms with Crippen molar-refractivity contribution in [3.8, 4) is 11.5 Å². The molecule has 0 bridgehead atoms. The Morgan fingerprint density at radius 2 is 1.61 bits per heavy atom. The lowest BCUT2D eigenvalue weighted by Crippen LogP contribution is -2.51. The summed E-state index contributed by atoms with van der Waals surface area (Å²) in [5.41, 5.74) is 1.41. The molecule has 3 aliphatic rings. The number of aliphatic hydroxyl groups excluding tert-OH is 1. The van der Waals surface area contributed by atoms with Crippen LogP contribution in [0.2, 0.25) is 0 Å². The molecule has 3 aromatic rings. The van der Waals surface area contributed by atoms with Crippen molar-refractivity contribution in [2.45, 2.75) is 11.7 Å². The number of hydrogen-bond acceptors (Lipinski definition) is 7. The molecule has 1 saturated heterocycles. The average molecular weight is 415 g/mol. The number of hydroxylamine groups is 2. The zero-order valence-electron chi connectivity index (χ0n) is 16.3. The Morgan fingerprint density at radius 1 is 0.968 bits per heavy atom. The number of esters is 1. The number of benzene rings is 3. The first-order chi connectivity index (χ1) is 15.1. The Kier molecular flexibility index (Phi) is 3.74. The highest BCUT2D eigenvalue weighted by Gasteiger charge is 2.53. The zero-order valence-corrected chi connectivity index (χ0v) is 16.3. The zero-order chi connectivity index (χ0) is 21.2. The van der Waals surface area contributed by atoms with Gasteiger partial charge in [0.1, 0.15) is 11.5 Å². The largest absolute Gasteiger partial charge is 0.456 e. The van der Waals surface area contributed by atoms with E-state index in [1.54, 1.807) is 18.2 Å². The summed E-state index contributed by atoms with van der Waals surface area (Å²) in [6.45, 7) is 0.556. The molecular weight excluding hydrogens is 398 g/mol. The molecule has 154 valence electrons. The van der Waals surface area contributed by atoms with Gasteiger partial charge in [0.2, 0.25) is 0 Å². The number of hydrogen-bond donors (Lipinski definition) is 1. The average Bonchev–Trinajstić information content (AvgIpc) is 3.05. The van der Waals surface area contributed by atoms with Crippen LogP contribution in [0, 0.1) is 0 Å². The summed E-state index contributed by atoms with van der Waals surface area (Å²) in [5, 5.41) is 10.8. The minimum Gasteiger partial charge on any atom is -0.456 e. The van der Waals surface area contributed by atoms with Gasteiger partial charge in [-0.3, -0.25) is 0 Å². The molecule has 0 radical (unpaired) electrons. The second-order valence-corrected chi connectivity index (χ2v) is 7.80. The molecule has 1 N–H and O–H groups in total. The maximum atomic E-state index is 12.9. The fraction of sp³-hybridized carbons (Fsp3) is 0.167. The third-order valence-corrected chi connectivity index (χ3v) is 5.89. The number of rotatable bonds is 2. The van der Waals surface area contributed by atoms with E-state index in [1.165, 1.54) is 5.06 Å². The third-order valence-electron chi connectivity index (χ3n) is 5.89. The molecule has 0 amide bonds. The fourth-order valence-electron chi connectivity index (χ4n) is 4.41. The van der Waals surface area contributed by atoms with E-state index in [0.717, 1.165) is 0 Å². The maximum absolute atomic E-state index is 12.9. The molecule has 7 heteroatoms. The molecule has 0 unspecified atom stereocenters. The van der Waals surface area contributed by atoms with Crippen molar-refractivity contribution in [1.82, 2.24) is 5.06 Å². The molecule has 1 spiro atoms. The molecule has 3 heterocycles. The van der Waals surface area contributed by atoms with Gasteiger partial charge in [-0.1, -0.05) is 36.4 Å².